The van der Waals surface area contributed by atoms with Crippen LogP contribution in [0.25, 0.3) is 0 Å². The van der Waals surface area contributed by atoms with E-state index < -0.39 is 4.92 Å². The van der Waals surface area contributed by atoms with Gasteiger partial charge < -0.3 is 20.1 Å². The second-order valence-corrected chi connectivity index (χ2v) is 4.06. The average molecular weight is 283 g/mol. The number of nitrogens with two attached hydrogens (primary N) is 1. The molecule has 0 atom stereocenters. The molecule has 110 valence electrons. The summed E-state index contributed by atoms with van der Waals surface area (Å²) >= 11 is 0. The molecular formula is C12H17N3O5. The van der Waals surface area contributed by atoms with E-state index in [1.807, 2.05) is 0 Å². The third kappa shape index (κ3) is 3.58. The Kier molecular flexibility index (Phi) is 5.27. The third-order valence-corrected chi connectivity index (χ3v) is 2.68. The topological polar surface area (TPSA) is 108 Å². The van der Waals surface area contributed by atoms with E-state index in [9.17, 15) is 14.9 Å². The Morgan fingerprint density at radius 3 is 2.60 bits per heavy atom. The van der Waals surface area contributed by atoms with Crippen LogP contribution < -0.4 is 15.4 Å². The monoisotopic (exact) mass is 283 g/mol. The standard InChI is InChI=1S/C12H17N3O5/c1-8(16)14(2)11-7-10(15(17)18)9(13)6-12(11)20-5-4-19-3/h6-7H,4-5,13H2,1-3H3. The quantitative estimate of drug-likeness (QED) is 0.363. The molecule has 8 nitrogen and oxygen atoms in total. The molecule has 1 amide bonds. The molecule has 0 unspecified atom stereocenters. The van der Waals surface area contributed by atoms with Crippen molar-refractivity contribution in [3.05, 3.63) is 22.2 Å². The molecule has 0 bridgehead atoms. The molecule has 0 aromatic heterocycles. The molecule has 0 aliphatic rings. The van der Waals surface area contributed by atoms with Crippen molar-refractivity contribution in [1.29, 1.82) is 0 Å². The molecule has 0 spiro atoms. The van der Waals surface area contributed by atoms with E-state index in [0.29, 0.717) is 12.4 Å². The number of nitrogen functional groups attached to an aromatic ring is 1. The number of anilines is 2. The number of hydrogen-bond acceptors (Lipinski definition) is 6. The summed E-state index contributed by atoms with van der Waals surface area (Å²) < 4.78 is 10.3. The first-order valence-electron chi connectivity index (χ1n) is 5.82. The molecule has 1 aromatic carbocycles. The van der Waals surface area contributed by atoms with Crippen molar-refractivity contribution in [3.63, 3.8) is 0 Å². The molecule has 8 heteroatoms. The Bertz CT molecular complexity index is 518. The van der Waals surface area contributed by atoms with Gasteiger partial charge in [-0.2, -0.15) is 0 Å². The van der Waals surface area contributed by atoms with E-state index in [0.717, 1.165) is 0 Å². The largest absolute Gasteiger partial charge is 0.489 e. The fourth-order valence-corrected chi connectivity index (χ4v) is 1.51. The highest BCUT2D eigenvalue weighted by molar-refractivity contribution is 5.94. The van der Waals surface area contributed by atoms with Crippen LogP contribution in [0.1, 0.15) is 6.92 Å². The number of nitro groups is 1. The van der Waals surface area contributed by atoms with Gasteiger partial charge in [0.05, 0.1) is 17.2 Å². The lowest BCUT2D eigenvalue weighted by Gasteiger charge is -2.19. The summed E-state index contributed by atoms with van der Waals surface area (Å²) in [6.07, 6.45) is 0. The maximum atomic E-state index is 11.4. The van der Waals surface area contributed by atoms with Gasteiger partial charge in [-0.05, 0) is 0 Å². The summed E-state index contributed by atoms with van der Waals surface area (Å²) in [6.45, 7) is 1.94. The van der Waals surface area contributed by atoms with Gasteiger partial charge >= 0.3 is 0 Å². The van der Waals surface area contributed by atoms with Gasteiger partial charge in [0.15, 0.2) is 0 Å². The molecule has 0 saturated heterocycles. The van der Waals surface area contributed by atoms with Gasteiger partial charge in [0.2, 0.25) is 5.91 Å². The third-order valence-electron chi connectivity index (χ3n) is 2.68. The van der Waals surface area contributed by atoms with Gasteiger partial charge in [-0.1, -0.05) is 0 Å². The summed E-state index contributed by atoms with van der Waals surface area (Å²) in [4.78, 5) is 23.0. The molecule has 1 rings (SSSR count). The van der Waals surface area contributed by atoms with Gasteiger partial charge in [-0.15, -0.1) is 0 Å². The number of nitrogens with zero attached hydrogens (tertiary/aromatic N) is 2. The van der Waals surface area contributed by atoms with Crippen LogP contribution in [0.3, 0.4) is 0 Å². The smallest absolute Gasteiger partial charge is 0.294 e. The first-order chi connectivity index (χ1) is 9.38. The van der Waals surface area contributed by atoms with Crippen LogP contribution >= 0.6 is 0 Å². The van der Waals surface area contributed by atoms with E-state index in [2.05, 4.69) is 0 Å². The Balaban J connectivity index is 3.22. The molecule has 1 aromatic rings. The lowest BCUT2D eigenvalue weighted by atomic mass is 10.2. The Hall–Kier alpha value is -2.35. The predicted octanol–water partition coefficient (Wildman–Crippen LogP) is 1.18. The number of amides is 1. The van der Waals surface area contributed by atoms with Crippen LogP contribution in [0.5, 0.6) is 5.75 Å². The lowest BCUT2D eigenvalue weighted by Crippen LogP contribution is -2.24. The van der Waals surface area contributed by atoms with Crippen LogP contribution in [0.4, 0.5) is 17.1 Å². The summed E-state index contributed by atoms with van der Waals surface area (Å²) in [6, 6.07) is 2.56. The van der Waals surface area contributed by atoms with Crippen molar-refractivity contribution in [2.75, 3.05) is 38.0 Å². The highest BCUT2D eigenvalue weighted by atomic mass is 16.6. The number of carbonyl (C=O) groups is 1. The number of methoxy groups -OCH3 is 1. The van der Waals surface area contributed by atoms with Gasteiger partial charge in [-0.25, -0.2) is 0 Å². The molecule has 20 heavy (non-hydrogen) atoms. The van der Waals surface area contributed by atoms with Crippen molar-refractivity contribution < 1.29 is 19.2 Å². The number of hydrogen-bond donors (Lipinski definition) is 1. The van der Waals surface area contributed by atoms with Crippen LogP contribution in [-0.4, -0.2) is 38.2 Å². The van der Waals surface area contributed by atoms with Gasteiger partial charge in [0.25, 0.3) is 5.69 Å². The number of nitro benzene ring substituents is 1. The molecule has 0 radical (unpaired) electrons. The summed E-state index contributed by atoms with van der Waals surface area (Å²) in [5, 5.41) is 10.9. The molecule has 0 aliphatic carbocycles. The van der Waals surface area contributed by atoms with E-state index >= 15 is 0 Å². The zero-order chi connectivity index (χ0) is 15.3. The van der Waals surface area contributed by atoms with Gasteiger partial charge in [-0.3, -0.25) is 14.9 Å². The zero-order valence-electron chi connectivity index (χ0n) is 11.6. The number of rotatable bonds is 6. The van der Waals surface area contributed by atoms with Crippen molar-refractivity contribution in [2.45, 2.75) is 6.92 Å². The SMILES string of the molecule is COCCOc1cc(N)c([N+](=O)[O-])cc1N(C)C(C)=O. The van der Waals surface area contributed by atoms with Crippen molar-refractivity contribution in [2.24, 2.45) is 0 Å². The highest BCUT2D eigenvalue weighted by Crippen LogP contribution is 2.36. The first-order valence-corrected chi connectivity index (χ1v) is 5.82. The molecule has 0 heterocycles. The highest BCUT2D eigenvalue weighted by Gasteiger charge is 2.21. The van der Waals surface area contributed by atoms with E-state index in [-0.39, 0.29) is 29.6 Å². The zero-order valence-corrected chi connectivity index (χ0v) is 11.6. The average Bonchev–Trinajstić information content (AvgIpc) is 2.37. The minimum absolute atomic E-state index is 0.0249. The van der Waals surface area contributed by atoms with E-state index in [1.54, 1.807) is 0 Å². The van der Waals surface area contributed by atoms with Crippen molar-refractivity contribution in [1.82, 2.24) is 0 Å². The number of carbonyl (C=O) groups excluding carboxylic acids is 1. The van der Waals surface area contributed by atoms with E-state index in [4.69, 9.17) is 15.2 Å². The molecule has 2 N–H and O–H groups in total. The van der Waals surface area contributed by atoms with Gasteiger partial charge in [0.1, 0.15) is 18.0 Å². The number of benzene rings is 1. The Morgan fingerprint density at radius 2 is 2.10 bits per heavy atom. The second kappa shape index (κ2) is 6.71. The minimum atomic E-state index is -0.605. The summed E-state index contributed by atoms with van der Waals surface area (Å²) in [5.74, 6) is 0.0171. The van der Waals surface area contributed by atoms with E-state index in [1.165, 1.54) is 38.1 Å². The molecular weight excluding hydrogens is 266 g/mol. The fourth-order valence-electron chi connectivity index (χ4n) is 1.51. The minimum Gasteiger partial charge on any atom is -0.489 e. The fraction of sp³-hybridized carbons (Fsp3) is 0.417. The molecule has 0 aliphatic heterocycles. The maximum absolute atomic E-state index is 11.4. The normalized spacial score (nSPS) is 10.2. The lowest BCUT2D eigenvalue weighted by molar-refractivity contribution is -0.383. The maximum Gasteiger partial charge on any atom is 0.294 e. The predicted molar refractivity (Wildman–Crippen MR) is 74.0 cm³/mol. The van der Waals surface area contributed by atoms with Gasteiger partial charge in [0, 0.05) is 33.2 Å². The number of ether oxygens (including phenoxy) is 2. The Morgan fingerprint density at radius 1 is 1.45 bits per heavy atom. The van der Waals surface area contributed by atoms with Crippen LogP contribution in [0, 0.1) is 10.1 Å². The first kappa shape index (κ1) is 15.7. The van der Waals surface area contributed by atoms with Crippen LogP contribution in [-0.2, 0) is 9.53 Å². The van der Waals surface area contributed by atoms with Crippen molar-refractivity contribution in [3.8, 4) is 5.75 Å². The van der Waals surface area contributed by atoms with Crippen molar-refractivity contribution >= 4 is 23.0 Å². The molecule has 0 saturated carbocycles. The molecule has 0 fully saturated rings. The Labute approximate surface area is 116 Å². The summed E-state index contributed by atoms with van der Waals surface area (Å²) in [7, 11) is 3.02. The van der Waals surface area contributed by atoms with Crippen LogP contribution in [0.2, 0.25) is 0 Å². The second-order valence-electron chi connectivity index (χ2n) is 4.06. The summed E-state index contributed by atoms with van der Waals surface area (Å²) in [5.41, 5.74) is 5.61. The van der Waals surface area contributed by atoms with Crippen LogP contribution in [0.15, 0.2) is 12.1 Å².